The number of alkyl halides is 2. The second kappa shape index (κ2) is 5.06. The molecule has 1 saturated carbocycles. The van der Waals surface area contributed by atoms with Gasteiger partial charge in [0, 0.05) is 0 Å². The lowest BCUT2D eigenvalue weighted by atomic mass is 9.83. The third kappa shape index (κ3) is 3.36. The van der Waals surface area contributed by atoms with Crippen molar-refractivity contribution in [2.24, 2.45) is 5.73 Å². The maximum atomic E-state index is 12.8. The zero-order valence-corrected chi connectivity index (χ0v) is 10.3. The van der Waals surface area contributed by atoms with E-state index in [1.807, 2.05) is 0 Å². The van der Waals surface area contributed by atoms with Gasteiger partial charge < -0.3 is 15.0 Å². The standard InChI is InChI=1S/C9H15F2NO5S/c10-9(11,18(14,15)16)6-17-7(13)8(12)4-2-1-3-5-8/h1-6,12H2,(H,14,15,16)/p-1. The smallest absolute Gasteiger partial charge is 0.367 e. The van der Waals surface area contributed by atoms with Crippen molar-refractivity contribution in [2.45, 2.75) is 42.9 Å². The highest BCUT2D eigenvalue weighted by atomic mass is 32.2. The molecule has 0 aromatic rings. The molecule has 1 rings (SSSR count). The van der Waals surface area contributed by atoms with Gasteiger partial charge in [-0.3, -0.25) is 4.79 Å². The highest BCUT2D eigenvalue weighted by Gasteiger charge is 2.43. The van der Waals surface area contributed by atoms with Gasteiger partial charge in [-0.2, -0.15) is 8.78 Å². The van der Waals surface area contributed by atoms with E-state index < -0.39 is 33.5 Å². The van der Waals surface area contributed by atoms with E-state index in [4.69, 9.17) is 5.73 Å². The summed E-state index contributed by atoms with van der Waals surface area (Å²) in [6, 6.07) is 0. The van der Waals surface area contributed by atoms with Gasteiger partial charge in [0.1, 0.15) is 5.54 Å². The molecule has 9 heteroatoms. The lowest BCUT2D eigenvalue weighted by Crippen LogP contribution is -2.51. The molecule has 0 aliphatic heterocycles. The Labute approximate surface area is 103 Å². The first kappa shape index (κ1) is 15.3. The van der Waals surface area contributed by atoms with E-state index in [0.29, 0.717) is 25.7 Å². The third-order valence-electron chi connectivity index (χ3n) is 2.89. The molecular formula is C9H14F2NO5S-. The van der Waals surface area contributed by atoms with Crippen LogP contribution >= 0.6 is 0 Å². The van der Waals surface area contributed by atoms with Gasteiger partial charge in [0.2, 0.25) is 0 Å². The van der Waals surface area contributed by atoms with Crippen LogP contribution in [0.1, 0.15) is 32.1 Å². The van der Waals surface area contributed by atoms with Crippen LogP contribution in [0.4, 0.5) is 8.78 Å². The molecule has 1 fully saturated rings. The number of carbonyl (C=O) groups is 1. The van der Waals surface area contributed by atoms with Crippen LogP contribution in [-0.2, 0) is 19.6 Å². The maximum absolute atomic E-state index is 12.8. The fraction of sp³-hybridized carbons (Fsp3) is 0.889. The summed E-state index contributed by atoms with van der Waals surface area (Å²) >= 11 is 0. The number of nitrogens with two attached hydrogens (primary N) is 1. The molecule has 6 nitrogen and oxygen atoms in total. The van der Waals surface area contributed by atoms with Crippen molar-refractivity contribution in [2.75, 3.05) is 6.61 Å². The minimum atomic E-state index is -5.85. The van der Waals surface area contributed by atoms with Crippen molar-refractivity contribution < 1.29 is 31.3 Å². The summed E-state index contributed by atoms with van der Waals surface area (Å²) in [4.78, 5) is 11.5. The molecule has 0 saturated heterocycles. The Bertz CT molecular complexity index is 417. The topological polar surface area (TPSA) is 110 Å². The normalized spacial score (nSPS) is 20.4. The lowest BCUT2D eigenvalue weighted by molar-refractivity contribution is -0.157. The van der Waals surface area contributed by atoms with E-state index in [-0.39, 0.29) is 0 Å². The van der Waals surface area contributed by atoms with E-state index in [2.05, 4.69) is 4.74 Å². The number of hydrogen-bond acceptors (Lipinski definition) is 6. The molecule has 0 bridgehead atoms. The first-order valence-electron chi connectivity index (χ1n) is 5.38. The SMILES string of the molecule is NC1(C(=O)OCC(F)(F)S(=O)(=O)[O-])CCCCC1. The predicted molar refractivity (Wildman–Crippen MR) is 55.6 cm³/mol. The molecule has 1 aliphatic rings. The third-order valence-corrected chi connectivity index (χ3v) is 3.74. The first-order valence-corrected chi connectivity index (χ1v) is 6.79. The average molecular weight is 286 g/mol. The summed E-state index contributed by atoms with van der Waals surface area (Å²) in [5.74, 6) is -1.09. The van der Waals surface area contributed by atoms with Crippen LogP contribution < -0.4 is 5.73 Å². The molecule has 1 aliphatic carbocycles. The number of halogens is 2. The Morgan fingerprint density at radius 3 is 2.28 bits per heavy atom. The Morgan fingerprint density at radius 1 is 1.33 bits per heavy atom. The molecular weight excluding hydrogens is 272 g/mol. The molecule has 106 valence electrons. The lowest BCUT2D eigenvalue weighted by Gasteiger charge is -2.31. The van der Waals surface area contributed by atoms with E-state index in [1.54, 1.807) is 0 Å². The van der Waals surface area contributed by atoms with Crippen molar-refractivity contribution in [3.63, 3.8) is 0 Å². The van der Waals surface area contributed by atoms with Crippen molar-refractivity contribution in [3.8, 4) is 0 Å². The summed E-state index contributed by atoms with van der Waals surface area (Å²) in [5, 5.41) is -4.63. The van der Waals surface area contributed by atoms with Crippen LogP contribution in [0.25, 0.3) is 0 Å². The van der Waals surface area contributed by atoms with Crippen molar-refractivity contribution >= 4 is 16.1 Å². The quantitative estimate of drug-likeness (QED) is 0.589. The number of rotatable bonds is 4. The largest absolute Gasteiger partial charge is 0.743 e. The highest BCUT2D eigenvalue weighted by molar-refractivity contribution is 7.86. The Kier molecular flexibility index (Phi) is 4.29. The molecule has 2 N–H and O–H groups in total. The fourth-order valence-corrected chi connectivity index (χ4v) is 1.96. The van der Waals surface area contributed by atoms with E-state index in [9.17, 15) is 26.5 Å². The van der Waals surface area contributed by atoms with Crippen molar-refractivity contribution in [3.05, 3.63) is 0 Å². The van der Waals surface area contributed by atoms with Crippen LogP contribution in [0.15, 0.2) is 0 Å². The van der Waals surface area contributed by atoms with Gasteiger partial charge in [-0.05, 0) is 12.8 Å². The molecule has 0 unspecified atom stereocenters. The van der Waals surface area contributed by atoms with Gasteiger partial charge in [-0.1, -0.05) is 19.3 Å². The van der Waals surface area contributed by atoms with E-state index >= 15 is 0 Å². The zero-order chi connectivity index (χ0) is 14.0. The fourth-order valence-electron chi connectivity index (χ4n) is 1.75. The Morgan fingerprint density at radius 2 is 1.83 bits per heavy atom. The predicted octanol–water partition coefficient (Wildman–Crippen LogP) is 0.329. The van der Waals surface area contributed by atoms with Gasteiger partial charge in [-0.15, -0.1) is 0 Å². The van der Waals surface area contributed by atoms with Crippen LogP contribution in [-0.4, -0.2) is 36.3 Å². The van der Waals surface area contributed by atoms with Crippen LogP contribution in [0.2, 0.25) is 0 Å². The van der Waals surface area contributed by atoms with Gasteiger partial charge in [0.15, 0.2) is 16.7 Å². The van der Waals surface area contributed by atoms with Crippen molar-refractivity contribution in [1.29, 1.82) is 0 Å². The minimum Gasteiger partial charge on any atom is -0.743 e. The van der Waals surface area contributed by atoms with Gasteiger partial charge in [0.25, 0.3) is 0 Å². The van der Waals surface area contributed by atoms with E-state index in [1.165, 1.54) is 0 Å². The summed E-state index contributed by atoms with van der Waals surface area (Å²) in [6.07, 6.45) is 2.81. The summed E-state index contributed by atoms with van der Waals surface area (Å²) in [6.45, 7) is -1.80. The monoisotopic (exact) mass is 286 g/mol. The van der Waals surface area contributed by atoms with Gasteiger partial charge in [-0.25, -0.2) is 8.42 Å². The second-order valence-corrected chi connectivity index (χ2v) is 5.89. The van der Waals surface area contributed by atoms with Gasteiger partial charge in [0.05, 0.1) is 0 Å². The molecule has 0 amide bonds. The number of carbonyl (C=O) groups excluding carboxylic acids is 1. The molecule has 0 radical (unpaired) electrons. The van der Waals surface area contributed by atoms with Gasteiger partial charge >= 0.3 is 11.2 Å². The summed E-state index contributed by atoms with van der Waals surface area (Å²) in [7, 11) is -5.85. The Hall–Kier alpha value is -0.800. The zero-order valence-electron chi connectivity index (χ0n) is 9.53. The Balaban J connectivity index is 2.61. The molecule has 18 heavy (non-hydrogen) atoms. The second-order valence-electron chi connectivity index (χ2n) is 4.38. The van der Waals surface area contributed by atoms with Crippen LogP contribution in [0.3, 0.4) is 0 Å². The number of esters is 1. The van der Waals surface area contributed by atoms with Crippen LogP contribution in [0.5, 0.6) is 0 Å². The molecule has 0 heterocycles. The molecule has 0 atom stereocenters. The maximum Gasteiger partial charge on any atom is 0.367 e. The molecule has 0 aromatic carbocycles. The summed E-state index contributed by atoms with van der Waals surface area (Å²) in [5.41, 5.74) is 4.33. The highest BCUT2D eigenvalue weighted by Crippen LogP contribution is 2.28. The first-order chi connectivity index (χ1) is 8.08. The molecule has 0 spiro atoms. The number of hydrogen-bond donors (Lipinski definition) is 1. The average Bonchev–Trinajstić information content (AvgIpc) is 2.25. The number of ether oxygens (including phenoxy) is 1. The molecule has 0 aromatic heterocycles. The summed E-state index contributed by atoms with van der Waals surface area (Å²) < 4.78 is 60.3. The van der Waals surface area contributed by atoms with Crippen LogP contribution in [0, 0.1) is 0 Å². The minimum absolute atomic E-state index is 0.293. The van der Waals surface area contributed by atoms with Crippen molar-refractivity contribution in [1.82, 2.24) is 0 Å². The van der Waals surface area contributed by atoms with E-state index in [0.717, 1.165) is 6.42 Å².